The van der Waals surface area contributed by atoms with Crippen LogP contribution in [0.5, 0.6) is 0 Å². The van der Waals surface area contributed by atoms with Gasteiger partial charge in [-0.3, -0.25) is 4.79 Å². The standard InChI is InChI=1S/C23H20F6O3P/c1-13-7-5-8-14(2)17(13)20(31)33(32)21(11-3-4-12-21)19(30)18-15(22(24,25)26)9-6-10-16(18)23(27,28)29/h5-10H,3-4,11-12H2,1-2H3/q+1. The molecule has 1 unspecified atom stereocenters. The number of carbonyl (C=O) groups is 2. The van der Waals surface area contributed by atoms with Gasteiger partial charge in [-0.15, -0.1) is 0 Å². The third-order valence-electron chi connectivity index (χ3n) is 6.02. The highest BCUT2D eigenvalue weighted by atomic mass is 31.1. The van der Waals surface area contributed by atoms with Gasteiger partial charge in [-0.2, -0.15) is 26.3 Å². The molecule has 2 aromatic carbocycles. The fourth-order valence-corrected chi connectivity index (χ4v) is 6.40. The van der Waals surface area contributed by atoms with Gasteiger partial charge in [0.2, 0.25) is 10.9 Å². The Morgan fingerprint density at radius 1 is 0.788 bits per heavy atom. The van der Waals surface area contributed by atoms with E-state index in [9.17, 15) is 40.5 Å². The monoisotopic (exact) mass is 489 g/mol. The first-order chi connectivity index (χ1) is 15.2. The zero-order valence-electron chi connectivity index (χ0n) is 17.7. The third kappa shape index (κ3) is 4.47. The van der Waals surface area contributed by atoms with E-state index in [0.29, 0.717) is 29.3 Å². The fourth-order valence-electron chi connectivity index (χ4n) is 4.43. The number of halogens is 6. The van der Waals surface area contributed by atoms with Crippen LogP contribution in [0.2, 0.25) is 0 Å². The fraction of sp³-hybridized carbons (Fsp3) is 0.391. The largest absolute Gasteiger partial charge is 0.434 e. The molecule has 0 bridgehead atoms. The molecule has 0 heterocycles. The molecule has 10 heteroatoms. The van der Waals surface area contributed by atoms with Crippen molar-refractivity contribution in [1.29, 1.82) is 0 Å². The number of aryl methyl sites for hydroxylation is 2. The Morgan fingerprint density at radius 3 is 1.64 bits per heavy atom. The van der Waals surface area contributed by atoms with Gasteiger partial charge >= 0.3 is 25.7 Å². The first kappa shape index (κ1) is 25.1. The number of hydrogen-bond acceptors (Lipinski definition) is 3. The van der Waals surface area contributed by atoms with Crippen molar-refractivity contribution in [2.45, 2.75) is 57.0 Å². The van der Waals surface area contributed by atoms with E-state index in [1.807, 2.05) is 0 Å². The predicted octanol–water partition coefficient (Wildman–Crippen LogP) is 7.50. The molecule has 3 nitrogen and oxygen atoms in total. The molecular formula is C23H20F6O3P+. The summed E-state index contributed by atoms with van der Waals surface area (Å²) in [5.41, 5.74) is -5.04. The van der Waals surface area contributed by atoms with Crippen molar-refractivity contribution in [1.82, 2.24) is 0 Å². The second-order valence-electron chi connectivity index (χ2n) is 8.16. The topological polar surface area (TPSA) is 51.2 Å². The summed E-state index contributed by atoms with van der Waals surface area (Å²) in [7, 11) is -3.17. The Kier molecular flexibility index (Phi) is 6.59. The molecule has 176 valence electrons. The molecule has 0 radical (unpaired) electrons. The van der Waals surface area contributed by atoms with Crippen LogP contribution in [0.3, 0.4) is 0 Å². The predicted molar refractivity (Wildman–Crippen MR) is 110 cm³/mol. The molecule has 3 rings (SSSR count). The van der Waals surface area contributed by atoms with E-state index in [4.69, 9.17) is 0 Å². The van der Waals surface area contributed by atoms with Gasteiger partial charge in [-0.05, 0) is 49.9 Å². The number of rotatable bonds is 5. The maximum absolute atomic E-state index is 13.7. The summed E-state index contributed by atoms with van der Waals surface area (Å²) in [4.78, 5) is 26.7. The van der Waals surface area contributed by atoms with E-state index in [-0.39, 0.29) is 31.2 Å². The van der Waals surface area contributed by atoms with Gasteiger partial charge < -0.3 is 0 Å². The minimum Gasteiger partial charge on any atom is -0.289 e. The van der Waals surface area contributed by atoms with Crippen molar-refractivity contribution in [3.63, 3.8) is 0 Å². The minimum absolute atomic E-state index is 0.0674. The Bertz CT molecular complexity index is 1080. The zero-order chi connectivity index (χ0) is 24.8. The van der Waals surface area contributed by atoms with Crippen molar-refractivity contribution in [2.75, 3.05) is 0 Å². The quantitative estimate of drug-likeness (QED) is 0.248. The zero-order valence-corrected chi connectivity index (χ0v) is 18.6. The SMILES string of the molecule is Cc1cccc(C)c1C(=O)[P+](=O)C1(C(=O)c2c(C(F)(F)F)cccc2C(F)(F)F)CCCC1. The summed E-state index contributed by atoms with van der Waals surface area (Å²) in [6.07, 6.45) is -10.5. The summed E-state index contributed by atoms with van der Waals surface area (Å²) >= 11 is 0. The number of benzene rings is 2. The highest BCUT2D eigenvalue weighted by Crippen LogP contribution is 2.56. The van der Waals surface area contributed by atoms with Crippen molar-refractivity contribution in [3.8, 4) is 0 Å². The van der Waals surface area contributed by atoms with E-state index in [2.05, 4.69) is 0 Å². The number of ketones is 1. The molecule has 1 aliphatic carbocycles. The van der Waals surface area contributed by atoms with Crippen LogP contribution in [0.25, 0.3) is 0 Å². The second-order valence-corrected chi connectivity index (χ2v) is 10.0. The number of carbonyl (C=O) groups excluding carboxylic acids is 2. The normalized spacial score (nSPS) is 16.5. The van der Waals surface area contributed by atoms with Crippen LogP contribution >= 0.6 is 7.80 Å². The minimum atomic E-state index is -5.26. The molecule has 0 N–H and O–H groups in total. The van der Waals surface area contributed by atoms with E-state index >= 15 is 0 Å². The first-order valence-electron chi connectivity index (χ1n) is 10.1. The van der Waals surface area contributed by atoms with Gasteiger partial charge in [0.25, 0.3) is 0 Å². The number of Topliss-reactive ketones (excluding diaryl/α,β-unsaturated/α-hetero) is 1. The summed E-state index contributed by atoms with van der Waals surface area (Å²) < 4.78 is 95.5. The van der Waals surface area contributed by atoms with Crippen molar-refractivity contribution >= 4 is 19.1 Å². The summed E-state index contributed by atoms with van der Waals surface area (Å²) in [5.74, 6) is -1.54. The van der Waals surface area contributed by atoms with Gasteiger partial charge in [-0.1, -0.05) is 28.8 Å². The van der Waals surface area contributed by atoms with E-state index in [1.54, 1.807) is 32.0 Å². The van der Waals surface area contributed by atoms with E-state index in [1.165, 1.54) is 0 Å². The average Bonchev–Trinajstić information content (AvgIpc) is 3.21. The highest BCUT2D eigenvalue weighted by Gasteiger charge is 2.63. The Morgan fingerprint density at radius 2 is 1.21 bits per heavy atom. The lowest BCUT2D eigenvalue weighted by atomic mass is 9.88. The van der Waals surface area contributed by atoms with Gasteiger partial charge in [0.15, 0.2) is 0 Å². The number of alkyl halides is 6. The lowest BCUT2D eigenvalue weighted by Gasteiger charge is -2.22. The lowest BCUT2D eigenvalue weighted by molar-refractivity contribution is -0.143. The molecule has 0 aliphatic heterocycles. The van der Waals surface area contributed by atoms with Gasteiger partial charge in [0.1, 0.15) is 0 Å². The smallest absolute Gasteiger partial charge is 0.289 e. The first-order valence-corrected chi connectivity index (χ1v) is 11.4. The average molecular weight is 489 g/mol. The highest BCUT2D eigenvalue weighted by molar-refractivity contribution is 7.67. The Balaban J connectivity index is 2.23. The molecule has 0 spiro atoms. The van der Waals surface area contributed by atoms with Crippen LogP contribution in [-0.4, -0.2) is 16.5 Å². The Labute approximate surface area is 187 Å². The van der Waals surface area contributed by atoms with Crippen LogP contribution in [0.1, 0.15) is 68.7 Å². The Hall–Kier alpha value is -2.54. The molecule has 1 atom stereocenters. The molecule has 0 saturated heterocycles. The molecule has 2 aromatic rings. The van der Waals surface area contributed by atoms with Gasteiger partial charge in [0.05, 0.1) is 16.7 Å². The molecular weight excluding hydrogens is 469 g/mol. The van der Waals surface area contributed by atoms with Crippen LogP contribution in [0, 0.1) is 13.8 Å². The maximum atomic E-state index is 13.7. The molecule has 0 aromatic heterocycles. The van der Waals surface area contributed by atoms with Crippen LogP contribution in [0.15, 0.2) is 36.4 Å². The molecule has 1 fully saturated rings. The lowest BCUT2D eigenvalue weighted by Crippen LogP contribution is -2.37. The summed E-state index contributed by atoms with van der Waals surface area (Å²) in [6, 6.07) is 6.17. The molecule has 0 amide bonds. The molecule has 1 saturated carbocycles. The van der Waals surface area contributed by atoms with Crippen molar-refractivity contribution < 1.29 is 40.5 Å². The maximum Gasteiger partial charge on any atom is 0.434 e. The van der Waals surface area contributed by atoms with Crippen LogP contribution in [0.4, 0.5) is 26.3 Å². The van der Waals surface area contributed by atoms with E-state index in [0.717, 1.165) is 0 Å². The van der Waals surface area contributed by atoms with Crippen molar-refractivity contribution in [2.24, 2.45) is 0 Å². The number of hydrogen-bond donors (Lipinski definition) is 0. The third-order valence-corrected chi connectivity index (χ3v) is 8.04. The van der Waals surface area contributed by atoms with Gasteiger partial charge in [-0.25, -0.2) is 4.79 Å². The molecule has 33 heavy (non-hydrogen) atoms. The van der Waals surface area contributed by atoms with Crippen molar-refractivity contribution in [3.05, 3.63) is 69.8 Å². The summed E-state index contributed by atoms with van der Waals surface area (Å²) in [5, 5.41) is -2.14. The van der Waals surface area contributed by atoms with Gasteiger partial charge in [0, 0.05) is 18.4 Å². The molecule has 1 aliphatic rings. The summed E-state index contributed by atoms with van der Waals surface area (Å²) in [6.45, 7) is 3.15. The van der Waals surface area contributed by atoms with Crippen LogP contribution < -0.4 is 0 Å². The van der Waals surface area contributed by atoms with E-state index < -0.39 is 53.3 Å². The second kappa shape index (κ2) is 8.67. The van der Waals surface area contributed by atoms with Crippen LogP contribution in [-0.2, 0) is 16.9 Å².